The Labute approximate surface area is 193 Å². The minimum absolute atomic E-state index is 0.0775. The van der Waals surface area contributed by atoms with Crippen molar-refractivity contribution in [2.75, 3.05) is 30.3 Å². The van der Waals surface area contributed by atoms with E-state index in [2.05, 4.69) is 14.7 Å². The molecule has 2 aromatic rings. The number of rotatable bonds is 6. The van der Waals surface area contributed by atoms with Crippen molar-refractivity contribution in [2.45, 2.75) is 49.7 Å². The van der Waals surface area contributed by atoms with E-state index in [4.69, 9.17) is 0 Å². The van der Waals surface area contributed by atoms with Crippen LogP contribution < -0.4 is 4.90 Å². The van der Waals surface area contributed by atoms with Crippen molar-refractivity contribution < 1.29 is 35.3 Å². The van der Waals surface area contributed by atoms with Crippen molar-refractivity contribution in [3.05, 3.63) is 35.5 Å². The van der Waals surface area contributed by atoms with Crippen LogP contribution in [0.15, 0.2) is 27.6 Å². The molecule has 0 bridgehead atoms. The Morgan fingerprint density at radius 1 is 1.15 bits per heavy atom. The second-order valence-corrected chi connectivity index (χ2v) is 10.8. The summed E-state index contributed by atoms with van der Waals surface area (Å²) < 4.78 is 80.7. The third kappa shape index (κ3) is 4.89. The molecule has 0 unspecified atom stereocenters. The van der Waals surface area contributed by atoms with Crippen LogP contribution in [0, 0.1) is 11.7 Å². The summed E-state index contributed by atoms with van der Waals surface area (Å²) in [5.74, 6) is -2.80. The summed E-state index contributed by atoms with van der Waals surface area (Å²) in [6.45, 7) is 2.74. The molecule has 13 heteroatoms. The lowest BCUT2D eigenvalue weighted by Crippen LogP contribution is -2.46. The van der Waals surface area contributed by atoms with Gasteiger partial charge in [0.1, 0.15) is 5.82 Å². The zero-order chi connectivity index (χ0) is 24.7. The highest BCUT2D eigenvalue weighted by atomic mass is 32.2. The zero-order valence-corrected chi connectivity index (χ0v) is 19.2. The van der Waals surface area contributed by atoms with E-state index in [9.17, 15) is 30.8 Å². The van der Waals surface area contributed by atoms with Crippen LogP contribution in [-0.4, -0.2) is 60.8 Å². The number of alkyl halides is 3. The standard InChI is InChI=1S/C21H24F4N4O4S/c1-2-34(31,32)16-4-3-13(17(22)12-16)11-14-5-10-29(18(14)30)15-6-8-28(9-7-15)20-26-19(33-27-20)21(23,24)25/h3-4,12,14-15H,2,5-11H2,1H3/t14-/m1/s1. The first-order chi connectivity index (χ1) is 16.0. The van der Waals surface area contributed by atoms with E-state index in [1.807, 2.05) is 0 Å². The van der Waals surface area contributed by atoms with Crippen molar-refractivity contribution >= 4 is 21.7 Å². The summed E-state index contributed by atoms with van der Waals surface area (Å²) in [7, 11) is -3.52. The van der Waals surface area contributed by atoms with Crippen molar-refractivity contribution in [3.63, 3.8) is 0 Å². The number of benzene rings is 1. The fourth-order valence-corrected chi connectivity index (χ4v) is 5.36. The zero-order valence-electron chi connectivity index (χ0n) is 18.4. The van der Waals surface area contributed by atoms with Crippen LogP contribution in [0.1, 0.15) is 37.6 Å². The number of piperidine rings is 1. The molecule has 3 heterocycles. The first kappa shape index (κ1) is 24.4. The fourth-order valence-electron chi connectivity index (χ4n) is 4.47. The summed E-state index contributed by atoms with van der Waals surface area (Å²) in [6.07, 6.45) is -2.91. The molecule has 0 saturated carbocycles. The minimum Gasteiger partial charge on any atom is -0.339 e. The van der Waals surface area contributed by atoms with Crippen LogP contribution in [0.3, 0.4) is 0 Å². The van der Waals surface area contributed by atoms with Gasteiger partial charge in [-0.2, -0.15) is 18.2 Å². The van der Waals surface area contributed by atoms with Crippen LogP contribution >= 0.6 is 0 Å². The van der Waals surface area contributed by atoms with Crippen molar-refractivity contribution in [2.24, 2.45) is 5.92 Å². The van der Waals surface area contributed by atoms with Crippen molar-refractivity contribution in [1.82, 2.24) is 15.0 Å². The molecule has 0 radical (unpaired) electrons. The number of amides is 1. The number of carbonyl (C=O) groups is 1. The molecule has 34 heavy (non-hydrogen) atoms. The van der Waals surface area contributed by atoms with Crippen LogP contribution in [0.4, 0.5) is 23.5 Å². The van der Waals surface area contributed by atoms with E-state index in [0.29, 0.717) is 44.5 Å². The van der Waals surface area contributed by atoms with E-state index < -0.39 is 33.6 Å². The van der Waals surface area contributed by atoms with Crippen molar-refractivity contribution in [3.8, 4) is 0 Å². The normalized spacial score (nSPS) is 20.4. The van der Waals surface area contributed by atoms with Gasteiger partial charge in [0.05, 0.1) is 10.6 Å². The van der Waals surface area contributed by atoms with E-state index in [0.717, 1.165) is 6.07 Å². The molecular weight excluding hydrogens is 480 g/mol. The number of hydrogen-bond donors (Lipinski definition) is 0. The quantitative estimate of drug-likeness (QED) is 0.558. The molecule has 1 aromatic carbocycles. The molecule has 2 aliphatic rings. The average molecular weight is 505 g/mol. The van der Waals surface area contributed by atoms with Gasteiger partial charge in [0.2, 0.25) is 5.91 Å². The molecular formula is C21H24F4N4O4S. The summed E-state index contributed by atoms with van der Waals surface area (Å²) in [6, 6.07) is 3.71. The van der Waals surface area contributed by atoms with Gasteiger partial charge >= 0.3 is 12.1 Å². The molecule has 2 fully saturated rings. The molecule has 1 amide bonds. The molecule has 8 nitrogen and oxygen atoms in total. The van der Waals surface area contributed by atoms with E-state index in [1.165, 1.54) is 19.1 Å². The first-order valence-electron chi connectivity index (χ1n) is 11.0. The summed E-state index contributed by atoms with van der Waals surface area (Å²) in [4.78, 5) is 19.7. The lowest BCUT2D eigenvalue weighted by atomic mass is 9.97. The Hall–Kier alpha value is -2.70. The SMILES string of the molecule is CCS(=O)(=O)c1ccc(C[C@H]2CCN(C3CCN(c4noc(C(F)(F)F)n4)CC3)C2=O)c(F)c1. The number of carbonyl (C=O) groups excluding carboxylic acids is 1. The number of sulfone groups is 1. The number of nitrogens with zero attached hydrogens (tertiary/aromatic N) is 4. The highest BCUT2D eigenvalue weighted by molar-refractivity contribution is 7.91. The van der Waals surface area contributed by atoms with E-state index in [-0.39, 0.29) is 35.0 Å². The number of aromatic nitrogens is 2. The van der Waals surface area contributed by atoms with Gasteiger partial charge in [0.25, 0.3) is 5.95 Å². The van der Waals surface area contributed by atoms with Crippen LogP contribution in [0.5, 0.6) is 0 Å². The Kier molecular flexibility index (Phi) is 6.58. The largest absolute Gasteiger partial charge is 0.471 e. The Balaban J connectivity index is 1.35. The summed E-state index contributed by atoms with van der Waals surface area (Å²) in [5.41, 5.74) is 0.294. The molecule has 1 atom stereocenters. The molecule has 2 saturated heterocycles. The highest BCUT2D eigenvalue weighted by Crippen LogP contribution is 2.32. The Morgan fingerprint density at radius 3 is 2.44 bits per heavy atom. The number of halogens is 4. The van der Waals surface area contributed by atoms with Gasteiger partial charge in [0.15, 0.2) is 9.84 Å². The van der Waals surface area contributed by atoms with Crippen LogP contribution in [-0.2, 0) is 27.2 Å². The summed E-state index contributed by atoms with van der Waals surface area (Å²) in [5, 5.41) is 3.40. The summed E-state index contributed by atoms with van der Waals surface area (Å²) >= 11 is 0. The van der Waals surface area contributed by atoms with Crippen LogP contribution in [0.2, 0.25) is 0 Å². The molecule has 4 rings (SSSR count). The van der Waals surface area contributed by atoms with Gasteiger partial charge in [-0.15, -0.1) is 0 Å². The van der Waals surface area contributed by atoms with E-state index in [1.54, 1.807) is 9.80 Å². The molecule has 0 spiro atoms. The molecule has 2 aliphatic heterocycles. The van der Waals surface area contributed by atoms with Crippen molar-refractivity contribution in [1.29, 1.82) is 0 Å². The maximum atomic E-state index is 14.5. The van der Waals surface area contributed by atoms with Crippen LogP contribution in [0.25, 0.3) is 0 Å². The maximum absolute atomic E-state index is 14.5. The third-order valence-electron chi connectivity index (χ3n) is 6.43. The lowest BCUT2D eigenvalue weighted by molar-refractivity contribution is -0.159. The highest BCUT2D eigenvalue weighted by Gasteiger charge is 2.40. The second kappa shape index (κ2) is 9.16. The van der Waals surface area contributed by atoms with Gasteiger partial charge in [-0.1, -0.05) is 13.0 Å². The second-order valence-electron chi connectivity index (χ2n) is 8.49. The number of likely N-dealkylation sites (tertiary alicyclic amines) is 1. The average Bonchev–Trinajstić information content (AvgIpc) is 3.43. The molecule has 1 aromatic heterocycles. The van der Waals surface area contributed by atoms with Gasteiger partial charge in [-0.25, -0.2) is 12.8 Å². The molecule has 0 N–H and O–H groups in total. The maximum Gasteiger partial charge on any atom is 0.471 e. The monoisotopic (exact) mass is 504 g/mol. The third-order valence-corrected chi connectivity index (χ3v) is 8.16. The van der Waals surface area contributed by atoms with Gasteiger partial charge < -0.3 is 14.3 Å². The van der Waals surface area contributed by atoms with E-state index >= 15 is 0 Å². The van der Waals surface area contributed by atoms with Gasteiger partial charge in [0, 0.05) is 31.6 Å². The first-order valence-corrected chi connectivity index (χ1v) is 12.6. The minimum atomic E-state index is -4.70. The lowest BCUT2D eigenvalue weighted by Gasteiger charge is -2.36. The molecule has 186 valence electrons. The predicted octanol–water partition coefficient (Wildman–Crippen LogP) is 3.08. The molecule has 0 aliphatic carbocycles. The number of hydrogen-bond acceptors (Lipinski definition) is 7. The number of anilines is 1. The van der Waals surface area contributed by atoms with Gasteiger partial charge in [-0.3, -0.25) is 4.79 Å². The topological polar surface area (TPSA) is 96.6 Å². The smallest absolute Gasteiger partial charge is 0.339 e. The van der Waals surface area contributed by atoms with Gasteiger partial charge in [-0.05, 0) is 48.5 Å². The Bertz CT molecular complexity index is 1160. The predicted molar refractivity (Wildman–Crippen MR) is 112 cm³/mol. The fraction of sp³-hybridized carbons (Fsp3) is 0.571. The Morgan fingerprint density at radius 2 is 1.85 bits per heavy atom.